The smallest absolute Gasteiger partial charge is 0.351 e. The number of allylic oxidation sites excluding steroid dienone is 2. The first kappa shape index (κ1) is 23.1. The quantitative estimate of drug-likeness (QED) is 0.469. The molecular formula is C26H32N5OS+. The minimum absolute atomic E-state index is 0.0330. The number of hydrogen-bond acceptors (Lipinski definition) is 4. The van der Waals surface area contributed by atoms with Gasteiger partial charge >= 0.3 is 4.80 Å². The first-order valence-electron chi connectivity index (χ1n) is 11.1. The zero-order chi connectivity index (χ0) is 23.8. The van der Waals surface area contributed by atoms with Crippen LogP contribution in [-0.4, -0.2) is 55.8 Å². The summed E-state index contributed by atoms with van der Waals surface area (Å²) in [6.45, 7) is 5.84. The van der Waals surface area contributed by atoms with Crippen molar-refractivity contribution < 1.29 is 4.79 Å². The van der Waals surface area contributed by atoms with E-state index < -0.39 is 0 Å². The lowest BCUT2D eigenvalue weighted by atomic mass is 9.83. The lowest BCUT2D eigenvalue weighted by Crippen LogP contribution is -2.31. The number of nitrogens with one attached hydrogen (secondary N) is 1. The van der Waals surface area contributed by atoms with Crippen LogP contribution in [0, 0.1) is 0 Å². The summed E-state index contributed by atoms with van der Waals surface area (Å²) in [7, 11) is 8.12. The zero-order valence-electron chi connectivity index (χ0n) is 20.2. The maximum atomic E-state index is 12.7. The molecule has 0 unspecified atom stereocenters. The normalized spacial score (nSPS) is 15.7. The molecule has 1 aliphatic rings. The van der Waals surface area contributed by atoms with Crippen LogP contribution in [0.2, 0.25) is 0 Å². The van der Waals surface area contributed by atoms with Gasteiger partial charge in [0.1, 0.15) is 5.52 Å². The lowest BCUT2D eigenvalue weighted by Gasteiger charge is -2.23. The Hall–Kier alpha value is -3.12. The Morgan fingerprint density at radius 1 is 1.18 bits per heavy atom. The minimum atomic E-state index is -0.238. The molecule has 33 heavy (non-hydrogen) atoms. The minimum Gasteiger partial charge on any atom is -0.351 e. The molecule has 3 aromatic rings. The Labute approximate surface area is 199 Å². The Balaban J connectivity index is 1.65. The number of para-hydroxylation sites is 1. The summed E-state index contributed by atoms with van der Waals surface area (Å²) in [5, 5.41) is 3.01. The summed E-state index contributed by atoms with van der Waals surface area (Å²) in [6.07, 6.45) is 3.97. The number of anilines is 1. The summed E-state index contributed by atoms with van der Waals surface area (Å²) in [5.74, 6) is -0.0330. The molecule has 1 aliphatic heterocycles. The van der Waals surface area contributed by atoms with Crippen molar-refractivity contribution in [2.24, 2.45) is 7.05 Å². The highest BCUT2D eigenvalue weighted by atomic mass is 32.1. The van der Waals surface area contributed by atoms with Crippen molar-refractivity contribution >= 4 is 39.4 Å². The van der Waals surface area contributed by atoms with E-state index in [1.807, 2.05) is 45.6 Å². The van der Waals surface area contributed by atoms with Crippen molar-refractivity contribution in [1.29, 1.82) is 0 Å². The van der Waals surface area contributed by atoms with Crippen molar-refractivity contribution in [3.63, 3.8) is 0 Å². The predicted octanol–water partition coefficient (Wildman–Crippen LogP) is 2.88. The molecule has 0 aliphatic carbocycles. The highest BCUT2D eigenvalue weighted by Crippen LogP contribution is 2.46. The van der Waals surface area contributed by atoms with Crippen molar-refractivity contribution in [3.05, 3.63) is 70.2 Å². The van der Waals surface area contributed by atoms with E-state index in [0.29, 0.717) is 12.1 Å². The van der Waals surface area contributed by atoms with Crippen molar-refractivity contribution in [2.75, 3.05) is 39.1 Å². The fourth-order valence-corrected chi connectivity index (χ4v) is 5.35. The van der Waals surface area contributed by atoms with Gasteiger partial charge in [-0.2, -0.15) is 0 Å². The van der Waals surface area contributed by atoms with Gasteiger partial charge in [-0.1, -0.05) is 26.0 Å². The number of amides is 1. The van der Waals surface area contributed by atoms with E-state index in [1.165, 1.54) is 10.2 Å². The average Bonchev–Trinajstić information content (AvgIpc) is 3.20. The Bertz CT molecular complexity index is 1340. The van der Waals surface area contributed by atoms with Crippen LogP contribution in [0.1, 0.15) is 29.8 Å². The van der Waals surface area contributed by atoms with Gasteiger partial charge < -0.3 is 15.1 Å². The largest absolute Gasteiger partial charge is 0.434 e. The van der Waals surface area contributed by atoms with Crippen LogP contribution in [0.5, 0.6) is 0 Å². The summed E-state index contributed by atoms with van der Waals surface area (Å²) in [4.78, 5) is 17.9. The second kappa shape index (κ2) is 9.02. The van der Waals surface area contributed by atoms with Crippen LogP contribution in [0.4, 0.5) is 5.69 Å². The van der Waals surface area contributed by atoms with E-state index in [1.54, 1.807) is 11.3 Å². The van der Waals surface area contributed by atoms with E-state index in [-0.39, 0.29) is 11.3 Å². The number of aryl methyl sites for hydroxylation is 1. The highest BCUT2D eigenvalue weighted by Gasteiger charge is 2.38. The molecule has 0 bridgehead atoms. The zero-order valence-corrected chi connectivity index (χ0v) is 21.0. The second-order valence-corrected chi connectivity index (χ2v) is 10.2. The van der Waals surface area contributed by atoms with E-state index in [9.17, 15) is 4.79 Å². The van der Waals surface area contributed by atoms with Crippen molar-refractivity contribution in [2.45, 2.75) is 19.3 Å². The Kier molecular flexibility index (Phi) is 6.30. The molecule has 2 heterocycles. The number of nitrogens with zero attached hydrogens (tertiary/aromatic N) is 4. The van der Waals surface area contributed by atoms with Crippen LogP contribution < -0.4 is 19.7 Å². The molecule has 1 aromatic heterocycles. The van der Waals surface area contributed by atoms with Gasteiger partial charge in [0.25, 0.3) is 5.91 Å². The predicted molar refractivity (Wildman–Crippen MR) is 139 cm³/mol. The van der Waals surface area contributed by atoms with Crippen LogP contribution >= 0.6 is 11.3 Å². The van der Waals surface area contributed by atoms with Crippen LogP contribution in [0.25, 0.3) is 10.2 Å². The SMILES string of the molecule is CN(C)CCNC(=O)c1ccc2c(c1)C(C)(C)C(=CC=[N+]=c1sc3ccccc3n1C)N2C. The van der Waals surface area contributed by atoms with E-state index in [0.717, 1.165) is 28.3 Å². The van der Waals surface area contributed by atoms with Gasteiger partial charge in [0, 0.05) is 48.6 Å². The first-order chi connectivity index (χ1) is 15.7. The molecule has 0 saturated carbocycles. The van der Waals surface area contributed by atoms with Gasteiger partial charge in [0.05, 0.1) is 11.7 Å². The Morgan fingerprint density at radius 2 is 1.94 bits per heavy atom. The summed E-state index contributed by atoms with van der Waals surface area (Å²) < 4.78 is 8.09. The lowest BCUT2D eigenvalue weighted by molar-refractivity contribution is 0.0951. The highest BCUT2D eigenvalue weighted by molar-refractivity contribution is 7.16. The fraction of sp³-hybridized carbons (Fsp3) is 0.346. The summed E-state index contributed by atoms with van der Waals surface area (Å²) in [6, 6.07) is 14.3. The first-order valence-corrected chi connectivity index (χ1v) is 12.0. The molecule has 0 atom stereocenters. The van der Waals surface area contributed by atoms with E-state index in [2.05, 4.69) is 70.9 Å². The molecule has 172 valence electrons. The molecule has 0 saturated heterocycles. The Morgan fingerprint density at radius 3 is 2.67 bits per heavy atom. The molecule has 2 aromatic carbocycles. The van der Waals surface area contributed by atoms with Crippen molar-refractivity contribution in [1.82, 2.24) is 19.5 Å². The summed E-state index contributed by atoms with van der Waals surface area (Å²) in [5.41, 5.74) is 5.06. The third-order valence-corrected chi connectivity index (χ3v) is 7.40. The third-order valence-electron chi connectivity index (χ3n) is 6.27. The number of rotatable bonds is 5. The summed E-state index contributed by atoms with van der Waals surface area (Å²) >= 11 is 1.68. The number of fused-ring (bicyclic) bond motifs is 2. The molecule has 1 N–H and O–H groups in total. The van der Waals surface area contributed by atoms with Gasteiger partial charge in [-0.3, -0.25) is 4.79 Å². The molecule has 0 fully saturated rings. The van der Waals surface area contributed by atoms with Gasteiger partial charge in [0.15, 0.2) is 6.21 Å². The number of carbonyl (C=O) groups excluding carboxylic acids is 1. The van der Waals surface area contributed by atoms with E-state index >= 15 is 0 Å². The fourth-order valence-electron chi connectivity index (χ4n) is 4.35. The number of aromatic nitrogens is 1. The second-order valence-electron chi connectivity index (χ2n) is 9.22. The number of thiazole rings is 1. The molecule has 4 rings (SSSR count). The van der Waals surface area contributed by atoms with Gasteiger partial charge in [-0.25, -0.2) is 9.24 Å². The molecule has 0 spiro atoms. The van der Waals surface area contributed by atoms with Crippen LogP contribution in [-0.2, 0) is 12.5 Å². The maximum absolute atomic E-state index is 12.7. The molecule has 7 heteroatoms. The topological polar surface area (TPSA) is 54.6 Å². The maximum Gasteiger partial charge on any atom is 0.434 e. The van der Waals surface area contributed by atoms with Crippen LogP contribution in [0.3, 0.4) is 0 Å². The number of likely N-dealkylation sites (N-methyl/N-ethyl adjacent to an activating group) is 2. The molecular weight excluding hydrogens is 430 g/mol. The number of benzene rings is 2. The monoisotopic (exact) mass is 462 g/mol. The number of carbonyl (C=O) groups is 1. The van der Waals surface area contributed by atoms with E-state index in [4.69, 9.17) is 4.67 Å². The molecule has 0 radical (unpaired) electrons. The van der Waals surface area contributed by atoms with Gasteiger partial charge in [0.2, 0.25) is 0 Å². The molecule has 6 nitrogen and oxygen atoms in total. The average molecular weight is 463 g/mol. The molecule has 1 amide bonds. The van der Waals surface area contributed by atoms with Crippen molar-refractivity contribution in [3.8, 4) is 0 Å². The third kappa shape index (κ3) is 4.40. The van der Waals surface area contributed by atoms with Gasteiger partial charge in [-0.15, -0.1) is 0 Å². The van der Waals surface area contributed by atoms with Crippen LogP contribution in [0.15, 0.2) is 54.2 Å². The number of hydrogen-bond donors (Lipinski definition) is 1. The standard InChI is InChI=1S/C26H31N5OS/c1-26(2)19-17-18(24(32)27-15-16-29(3)4)11-12-20(19)30(5)23(26)13-14-28-25-31(6)21-9-7-8-10-22(21)33-25/h7-14,17H,15-16H2,1-6H3/p+1. The van der Waals surface area contributed by atoms with Gasteiger partial charge in [-0.05, 0) is 61.3 Å².